The number of amidine groups is 1. The van der Waals surface area contributed by atoms with Crippen LogP contribution in [-0.4, -0.2) is 33.5 Å². The molecule has 0 saturated heterocycles. The smallest absolute Gasteiger partial charge is 0.130 e. The molecule has 0 radical (unpaired) electrons. The molecule has 0 aliphatic heterocycles. The third-order valence-corrected chi connectivity index (χ3v) is 3.36. The molecule has 1 heterocycles. The summed E-state index contributed by atoms with van der Waals surface area (Å²) in [4.78, 5) is 0. The van der Waals surface area contributed by atoms with Crippen LogP contribution in [0.4, 0.5) is 0 Å². The predicted molar refractivity (Wildman–Crippen MR) is 69.6 cm³/mol. The van der Waals surface area contributed by atoms with E-state index < -0.39 is 0 Å². The molecule has 94 valence electrons. The van der Waals surface area contributed by atoms with E-state index in [1.165, 1.54) is 11.8 Å². The van der Waals surface area contributed by atoms with E-state index in [4.69, 9.17) is 16.2 Å². The predicted octanol–water partition coefficient (Wildman–Crippen LogP) is 0.970. The van der Waals surface area contributed by atoms with E-state index in [0.29, 0.717) is 16.3 Å². The zero-order valence-electron chi connectivity index (χ0n) is 10.2. The SMILES string of the molecule is CCc1nnc(SCCO)c(C(=N)N)c1CC. The molecule has 0 amide bonds. The normalized spacial score (nSPS) is 10.5. The molecule has 0 saturated carbocycles. The van der Waals surface area contributed by atoms with Gasteiger partial charge in [0.2, 0.25) is 0 Å². The number of thioether (sulfide) groups is 1. The second-order valence-corrected chi connectivity index (χ2v) is 4.58. The molecule has 0 aliphatic rings. The van der Waals surface area contributed by atoms with E-state index in [2.05, 4.69) is 10.2 Å². The molecule has 0 atom stereocenters. The standard InChI is InChI=1S/C11H18N4OS/c1-3-7-8(4-2)14-15-11(17-6-5-16)9(7)10(12)13/h16H,3-6H2,1-2H3,(H3,12,13). The second kappa shape index (κ2) is 6.56. The Hall–Kier alpha value is -1.14. The van der Waals surface area contributed by atoms with E-state index in [1.54, 1.807) is 0 Å². The average molecular weight is 254 g/mol. The lowest BCUT2D eigenvalue weighted by atomic mass is 10.0. The van der Waals surface area contributed by atoms with Gasteiger partial charge in [0.15, 0.2) is 0 Å². The van der Waals surface area contributed by atoms with Crippen LogP contribution in [0.15, 0.2) is 5.03 Å². The van der Waals surface area contributed by atoms with Crippen molar-refractivity contribution in [1.29, 1.82) is 5.41 Å². The summed E-state index contributed by atoms with van der Waals surface area (Å²) in [6.07, 6.45) is 1.56. The van der Waals surface area contributed by atoms with Gasteiger partial charge in [-0.15, -0.1) is 16.9 Å². The number of aromatic nitrogens is 2. The first-order chi connectivity index (χ1) is 8.15. The molecule has 1 aromatic heterocycles. The Morgan fingerprint density at radius 3 is 2.53 bits per heavy atom. The van der Waals surface area contributed by atoms with Crippen molar-refractivity contribution in [3.8, 4) is 0 Å². The molecule has 17 heavy (non-hydrogen) atoms. The highest BCUT2D eigenvalue weighted by atomic mass is 32.2. The van der Waals surface area contributed by atoms with Gasteiger partial charge in [-0.2, -0.15) is 5.10 Å². The maximum atomic E-state index is 8.83. The van der Waals surface area contributed by atoms with Crippen LogP contribution in [0.3, 0.4) is 0 Å². The van der Waals surface area contributed by atoms with Gasteiger partial charge in [-0.1, -0.05) is 13.8 Å². The van der Waals surface area contributed by atoms with Crippen LogP contribution >= 0.6 is 11.8 Å². The summed E-state index contributed by atoms with van der Waals surface area (Å²) in [5.41, 5.74) is 8.19. The van der Waals surface area contributed by atoms with Gasteiger partial charge in [0.25, 0.3) is 0 Å². The number of hydrogen-bond donors (Lipinski definition) is 3. The number of aryl methyl sites for hydroxylation is 1. The lowest BCUT2D eigenvalue weighted by Crippen LogP contribution is -2.19. The maximum absolute atomic E-state index is 8.83. The minimum absolute atomic E-state index is 0.0203. The Labute approximate surface area is 105 Å². The molecule has 1 aromatic rings. The van der Waals surface area contributed by atoms with Crippen molar-refractivity contribution >= 4 is 17.6 Å². The van der Waals surface area contributed by atoms with E-state index in [9.17, 15) is 0 Å². The molecule has 0 spiro atoms. The van der Waals surface area contributed by atoms with Crippen molar-refractivity contribution in [2.24, 2.45) is 5.73 Å². The summed E-state index contributed by atoms with van der Waals surface area (Å²) >= 11 is 1.38. The molecule has 0 aliphatic carbocycles. The minimum Gasteiger partial charge on any atom is -0.396 e. The topological polar surface area (TPSA) is 95.9 Å². The lowest BCUT2D eigenvalue weighted by Gasteiger charge is -2.13. The Morgan fingerprint density at radius 1 is 1.35 bits per heavy atom. The van der Waals surface area contributed by atoms with Crippen molar-refractivity contribution in [2.75, 3.05) is 12.4 Å². The molecule has 0 fully saturated rings. The first-order valence-corrected chi connectivity index (χ1v) is 6.60. The third-order valence-electron chi connectivity index (χ3n) is 2.41. The quantitative estimate of drug-likeness (QED) is 0.399. The first-order valence-electron chi connectivity index (χ1n) is 5.62. The van der Waals surface area contributed by atoms with E-state index in [1.807, 2.05) is 13.8 Å². The molecule has 0 aromatic carbocycles. The summed E-state index contributed by atoms with van der Waals surface area (Å²) in [6.45, 7) is 4.09. The van der Waals surface area contributed by atoms with Crippen LogP contribution < -0.4 is 5.73 Å². The van der Waals surface area contributed by atoms with Gasteiger partial charge < -0.3 is 10.8 Å². The monoisotopic (exact) mass is 254 g/mol. The summed E-state index contributed by atoms with van der Waals surface area (Å²) < 4.78 is 0. The Morgan fingerprint density at radius 2 is 2.06 bits per heavy atom. The number of nitrogens with zero attached hydrogens (tertiary/aromatic N) is 2. The highest BCUT2D eigenvalue weighted by Gasteiger charge is 2.16. The van der Waals surface area contributed by atoms with Crippen LogP contribution in [0.1, 0.15) is 30.7 Å². The molecule has 0 bridgehead atoms. The molecule has 6 heteroatoms. The first kappa shape index (κ1) is 13.9. The van der Waals surface area contributed by atoms with Crippen molar-refractivity contribution in [1.82, 2.24) is 10.2 Å². The van der Waals surface area contributed by atoms with Gasteiger partial charge in [-0.25, -0.2) is 0 Å². The Kier molecular flexibility index (Phi) is 5.37. The van der Waals surface area contributed by atoms with E-state index >= 15 is 0 Å². The van der Waals surface area contributed by atoms with Crippen molar-refractivity contribution in [3.63, 3.8) is 0 Å². The number of aliphatic hydroxyl groups excluding tert-OH is 1. The fraction of sp³-hybridized carbons (Fsp3) is 0.545. The molecule has 5 nitrogen and oxygen atoms in total. The van der Waals surface area contributed by atoms with Crippen molar-refractivity contribution < 1.29 is 5.11 Å². The Bertz CT molecular complexity index is 409. The van der Waals surface area contributed by atoms with Gasteiger partial charge in [0.05, 0.1) is 17.9 Å². The minimum atomic E-state index is 0.0203. The van der Waals surface area contributed by atoms with Crippen LogP contribution in [0.2, 0.25) is 0 Å². The lowest BCUT2D eigenvalue weighted by molar-refractivity contribution is 0.322. The van der Waals surface area contributed by atoms with Crippen LogP contribution in [0.5, 0.6) is 0 Å². The maximum Gasteiger partial charge on any atom is 0.130 e. The third kappa shape index (κ3) is 3.17. The van der Waals surface area contributed by atoms with Crippen molar-refractivity contribution in [2.45, 2.75) is 31.7 Å². The van der Waals surface area contributed by atoms with E-state index in [-0.39, 0.29) is 12.4 Å². The van der Waals surface area contributed by atoms with E-state index in [0.717, 1.165) is 24.1 Å². The van der Waals surface area contributed by atoms with Crippen molar-refractivity contribution in [3.05, 3.63) is 16.8 Å². The van der Waals surface area contributed by atoms with Crippen LogP contribution in [0, 0.1) is 5.41 Å². The van der Waals surface area contributed by atoms with Gasteiger partial charge >= 0.3 is 0 Å². The summed E-state index contributed by atoms with van der Waals surface area (Å²) in [7, 11) is 0. The molecule has 4 N–H and O–H groups in total. The van der Waals surface area contributed by atoms with Gasteiger partial charge in [-0.05, 0) is 18.4 Å². The number of rotatable bonds is 6. The largest absolute Gasteiger partial charge is 0.396 e. The fourth-order valence-corrected chi connectivity index (χ4v) is 2.44. The summed E-state index contributed by atoms with van der Waals surface area (Å²) in [6, 6.07) is 0. The highest BCUT2D eigenvalue weighted by Crippen LogP contribution is 2.24. The summed E-state index contributed by atoms with van der Waals surface area (Å²) in [5.74, 6) is 0.552. The zero-order chi connectivity index (χ0) is 12.8. The molecule has 1 rings (SSSR count). The zero-order valence-corrected chi connectivity index (χ0v) is 11.0. The Balaban J connectivity index is 3.26. The molecule has 0 unspecified atom stereocenters. The number of aliphatic hydroxyl groups is 1. The van der Waals surface area contributed by atoms with Crippen LogP contribution in [0.25, 0.3) is 0 Å². The number of nitrogens with one attached hydrogen (secondary N) is 1. The van der Waals surface area contributed by atoms with Gasteiger partial charge in [0.1, 0.15) is 10.9 Å². The average Bonchev–Trinajstić information content (AvgIpc) is 2.34. The van der Waals surface area contributed by atoms with Gasteiger partial charge in [-0.3, -0.25) is 5.41 Å². The number of nitrogen functional groups attached to an aromatic ring is 1. The molecular formula is C11H18N4OS. The number of nitrogens with two attached hydrogens (primary N) is 1. The number of hydrogen-bond acceptors (Lipinski definition) is 5. The highest BCUT2D eigenvalue weighted by molar-refractivity contribution is 7.99. The second-order valence-electron chi connectivity index (χ2n) is 3.50. The fourth-order valence-electron chi connectivity index (χ4n) is 1.68. The summed E-state index contributed by atoms with van der Waals surface area (Å²) in [5, 5.41) is 25.4. The van der Waals surface area contributed by atoms with Gasteiger partial charge in [0, 0.05) is 5.75 Å². The van der Waals surface area contributed by atoms with Crippen LogP contribution in [-0.2, 0) is 12.8 Å². The molecular weight excluding hydrogens is 236 g/mol.